The Labute approximate surface area is 110 Å². The maximum absolute atomic E-state index is 9.37. The van der Waals surface area contributed by atoms with Gasteiger partial charge in [-0.05, 0) is 0 Å². The minimum absolute atomic E-state index is 0.167. The first-order chi connectivity index (χ1) is 8.12. The summed E-state index contributed by atoms with van der Waals surface area (Å²) in [7, 11) is 3.08. The van der Waals surface area contributed by atoms with Gasteiger partial charge in [-0.2, -0.15) is 0 Å². The fourth-order valence-corrected chi connectivity index (χ4v) is 1.62. The molecule has 0 amide bonds. The highest BCUT2D eigenvalue weighted by Gasteiger charge is 2.10. The van der Waals surface area contributed by atoms with Crippen molar-refractivity contribution in [2.75, 3.05) is 32.0 Å². The molecule has 0 aliphatic carbocycles. The van der Waals surface area contributed by atoms with Crippen LogP contribution in [0.15, 0.2) is 12.1 Å². The molecule has 0 aliphatic heterocycles. The molecule has 6 heteroatoms. The summed E-state index contributed by atoms with van der Waals surface area (Å²) in [6, 6.07) is 3.36. The number of rotatable bonds is 6. The molecule has 2 N–H and O–H groups in total. The first kappa shape index (κ1) is 14.2. The molecule has 0 heterocycles. The van der Waals surface area contributed by atoms with E-state index in [1.807, 2.05) is 0 Å². The van der Waals surface area contributed by atoms with Gasteiger partial charge in [0.05, 0.1) is 36.9 Å². The topological polar surface area (TPSA) is 50.7 Å². The van der Waals surface area contributed by atoms with Crippen LogP contribution in [0.25, 0.3) is 0 Å². The van der Waals surface area contributed by atoms with Crippen LogP contribution in [-0.2, 0) is 0 Å². The van der Waals surface area contributed by atoms with Crippen LogP contribution in [0.5, 0.6) is 11.5 Å². The zero-order valence-corrected chi connectivity index (χ0v) is 11.2. The van der Waals surface area contributed by atoms with E-state index in [-0.39, 0.29) is 5.88 Å². The Hall–Kier alpha value is -0.840. The zero-order chi connectivity index (χ0) is 12.8. The number of hydrogen-bond donors (Lipinski definition) is 2. The Morgan fingerprint density at radius 2 is 1.94 bits per heavy atom. The van der Waals surface area contributed by atoms with Crippen molar-refractivity contribution in [1.29, 1.82) is 0 Å². The van der Waals surface area contributed by atoms with Gasteiger partial charge < -0.3 is 19.9 Å². The maximum Gasteiger partial charge on any atom is 0.143 e. The third-order valence-electron chi connectivity index (χ3n) is 2.18. The van der Waals surface area contributed by atoms with Crippen LogP contribution in [0.3, 0.4) is 0 Å². The van der Waals surface area contributed by atoms with E-state index in [1.54, 1.807) is 19.2 Å². The first-order valence-electron chi connectivity index (χ1n) is 5.01. The van der Waals surface area contributed by atoms with Gasteiger partial charge in [0.1, 0.15) is 11.5 Å². The number of methoxy groups -OCH3 is 2. The monoisotopic (exact) mass is 279 g/mol. The smallest absolute Gasteiger partial charge is 0.143 e. The molecule has 0 aromatic heterocycles. The molecule has 1 unspecified atom stereocenters. The van der Waals surface area contributed by atoms with E-state index in [0.717, 1.165) is 0 Å². The minimum atomic E-state index is -0.622. The van der Waals surface area contributed by atoms with E-state index in [9.17, 15) is 5.11 Å². The van der Waals surface area contributed by atoms with Crippen LogP contribution in [0.1, 0.15) is 0 Å². The molecule has 17 heavy (non-hydrogen) atoms. The van der Waals surface area contributed by atoms with E-state index < -0.39 is 6.10 Å². The fourth-order valence-electron chi connectivity index (χ4n) is 1.28. The molecule has 1 rings (SSSR count). The largest absolute Gasteiger partial charge is 0.495 e. The van der Waals surface area contributed by atoms with E-state index in [0.29, 0.717) is 28.8 Å². The summed E-state index contributed by atoms with van der Waals surface area (Å²) in [5, 5.41) is 12.9. The molecular weight excluding hydrogens is 265 g/mol. The van der Waals surface area contributed by atoms with Crippen LogP contribution in [0.2, 0.25) is 5.02 Å². The van der Waals surface area contributed by atoms with Gasteiger partial charge >= 0.3 is 0 Å². The number of hydrogen-bond acceptors (Lipinski definition) is 4. The molecule has 0 radical (unpaired) electrons. The Kier molecular flexibility index (Phi) is 5.68. The quantitative estimate of drug-likeness (QED) is 0.785. The summed E-state index contributed by atoms with van der Waals surface area (Å²) in [6.45, 7) is 0.324. The van der Waals surface area contributed by atoms with Gasteiger partial charge in [0.15, 0.2) is 0 Å². The third kappa shape index (κ3) is 3.84. The number of benzene rings is 1. The third-order valence-corrected chi connectivity index (χ3v) is 2.83. The van der Waals surface area contributed by atoms with Crippen molar-refractivity contribution in [2.45, 2.75) is 6.10 Å². The van der Waals surface area contributed by atoms with Crippen molar-refractivity contribution in [3.63, 3.8) is 0 Å². The van der Waals surface area contributed by atoms with Crippen LogP contribution in [-0.4, -0.2) is 37.9 Å². The summed E-state index contributed by atoms with van der Waals surface area (Å²) in [5.74, 6) is 1.29. The molecule has 4 nitrogen and oxygen atoms in total. The summed E-state index contributed by atoms with van der Waals surface area (Å²) in [5.41, 5.74) is 0.693. The number of alkyl halides is 1. The van der Waals surface area contributed by atoms with Crippen LogP contribution in [0, 0.1) is 0 Å². The second-order valence-corrected chi connectivity index (χ2v) is 4.09. The van der Waals surface area contributed by atoms with Gasteiger partial charge in [0.2, 0.25) is 0 Å². The van der Waals surface area contributed by atoms with Crippen LogP contribution in [0.4, 0.5) is 5.69 Å². The average Bonchev–Trinajstić information content (AvgIpc) is 2.36. The Morgan fingerprint density at radius 3 is 2.47 bits per heavy atom. The van der Waals surface area contributed by atoms with Gasteiger partial charge in [-0.3, -0.25) is 0 Å². The van der Waals surface area contributed by atoms with Crippen molar-refractivity contribution >= 4 is 28.9 Å². The summed E-state index contributed by atoms with van der Waals surface area (Å²) in [4.78, 5) is 0. The SMILES string of the molecule is COc1cc(NCC(O)CCl)c(OC)cc1Cl. The summed E-state index contributed by atoms with van der Waals surface area (Å²) in [6.07, 6.45) is -0.622. The van der Waals surface area contributed by atoms with E-state index in [1.165, 1.54) is 7.11 Å². The number of aliphatic hydroxyl groups excluding tert-OH is 1. The van der Waals surface area contributed by atoms with Crippen molar-refractivity contribution in [3.8, 4) is 11.5 Å². The predicted molar refractivity (Wildman–Crippen MR) is 69.8 cm³/mol. The lowest BCUT2D eigenvalue weighted by Gasteiger charge is -2.15. The molecule has 0 aliphatic rings. The lowest BCUT2D eigenvalue weighted by atomic mass is 10.2. The second kappa shape index (κ2) is 6.79. The van der Waals surface area contributed by atoms with Crippen molar-refractivity contribution in [1.82, 2.24) is 0 Å². The molecule has 1 aromatic rings. The number of anilines is 1. The average molecular weight is 280 g/mol. The molecule has 0 saturated carbocycles. The Bertz CT molecular complexity index is 374. The maximum atomic E-state index is 9.37. The fraction of sp³-hybridized carbons (Fsp3) is 0.455. The van der Waals surface area contributed by atoms with Gasteiger partial charge in [0, 0.05) is 18.7 Å². The van der Waals surface area contributed by atoms with Gasteiger partial charge in [-0.1, -0.05) is 11.6 Å². The van der Waals surface area contributed by atoms with Gasteiger partial charge in [0.25, 0.3) is 0 Å². The van der Waals surface area contributed by atoms with Gasteiger partial charge in [-0.15, -0.1) is 11.6 Å². The standard InChI is InChI=1S/C11H15Cl2NO3/c1-16-10-4-9(14-6-7(15)5-12)11(17-2)3-8(10)13/h3-4,7,14-15H,5-6H2,1-2H3. The lowest BCUT2D eigenvalue weighted by molar-refractivity contribution is 0.211. The van der Waals surface area contributed by atoms with Crippen LogP contribution < -0.4 is 14.8 Å². The van der Waals surface area contributed by atoms with Crippen molar-refractivity contribution in [3.05, 3.63) is 17.2 Å². The molecule has 1 aromatic carbocycles. The molecule has 0 saturated heterocycles. The van der Waals surface area contributed by atoms with Crippen molar-refractivity contribution in [2.24, 2.45) is 0 Å². The highest BCUT2D eigenvalue weighted by molar-refractivity contribution is 6.32. The number of halogens is 2. The second-order valence-electron chi connectivity index (χ2n) is 3.38. The van der Waals surface area contributed by atoms with Crippen molar-refractivity contribution < 1.29 is 14.6 Å². The molecule has 0 spiro atoms. The molecule has 0 bridgehead atoms. The molecule has 96 valence electrons. The number of aliphatic hydroxyl groups is 1. The Morgan fingerprint density at radius 1 is 1.29 bits per heavy atom. The lowest BCUT2D eigenvalue weighted by Crippen LogP contribution is -2.21. The van der Waals surface area contributed by atoms with Gasteiger partial charge in [-0.25, -0.2) is 0 Å². The molecule has 0 fully saturated rings. The van der Waals surface area contributed by atoms with E-state index >= 15 is 0 Å². The highest BCUT2D eigenvalue weighted by Crippen LogP contribution is 2.35. The summed E-state index contributed by atoms with van der Waals surface area (Å²) < 4.78 is 10.3. The van der Waals surface area contributed by atoms with E-state index in [2.05, 4.69) is 5.32 Å². The zero-order valence-electron chi connectivity index (χ0n) is 9.67. The minimum Gasteiger partial charge on any atom is -0.495 e. The normalized spacial score (nSPS) is 12.1. The first-order valence-corrected chi connectivity index (χ1v) is 5.93. The predicted octanol–water partition coefficient (Wildman–Crippen LogP) is 2.37. The highest BCUT2D eigenvalue weighted by atomic mass is 35.5. The van der Waals surface area contributed by atoms with E-state index in [4.69, 9.17) is 32.7 Å². The van der Waals surface area contributed by atoms with Crippen LogP contribution >= 0.6 is 23.2 Å². The molecule has 1 atom stereocenters. The number of ether oxygens (including phenoxy) is 2. The summed E-state index contributed by atoms with van der Waals surface area (Å²) >= 11 is 11.5. The Balaban J connectivity index is 2.88. The molecular formula is C11H15Cl2NO3. The number of nitrogens with one attached hydrogen (secondary N) is 1.